The highest BCUT2D eigenvalue weighted by Crippen LogP contribution is 2.13. The molecular formula is C9H8ClN5. The molecule has 0 aliphatic heterocycles. The number of hydrogen-bond acceptors (Lipinski definition) is 5. The van der Waals surface area contributed by atoms with E-state index in [0.717, 1.165) is 0 Å². The molecule has 2 heterocycles. The first-order valence-corrected chi connectivity index (χ1v) is 4.00. The standard InChI is InChI=1S/C9H7N5.ClH/c1-2-3-11-9-8-7(12-6-14-9)4-10-5-13-8;/h1,4-6H,3H2,(H,11,12,14);1H. The van der Waals surface area contributed by atoms with Crippen LogP contribution >= 0.6 is 12.4 Å². The van der Waals surface area contributed by atoms with Crippen molar-refractivity contribution in [3.05, 3.63) is 18.9 Å². The minimum absolute atomic E-state index is 0. The van der Waals surface area contributed by atoms with E-state index in [9.17, 15) is 0 Å². The molecule has 2 aromatic rings. The van der Waals surface area contributed by atoms with Crippen LogP contribution in [0.4, 0.5) is 5.82 Å². The van der Waals surface area contributed by atoms with E-state index in [0.29, 0.717) is 23.4 Å². The molecule has 76 valence electrons. The van der Waals surface area contributed by atoms with Crippen LogP contribution in [0.15, 0.2) is 18.9 Å². The number of rotatable bonds is 2. The summed E-state index contributed by atoms with van der Waals surface area (Å²) in [7, 11) is 0. The van der Waals surface area contributed by atoms with Crippen molar-refractivity contribution in [3.63, 3.8) is 0 Å². The molecule has 0 aliphatic rings. The lowest BCUT2D eigenvalue weighted by Crippen LogP contribution is -2.03. The van der Waals surface area contributed by atoms with E-state index in [4.69, 9.17) is 6.42 Å². The van der Waals surface area contributed by atoms with Gasteiger partial charge in [0.2, 0.25) is 0 Å². The van der Waals surface area contributed by atoms with Gasteiger partial charge in [-0.25, -0.2) is 19.9 Å². The van der Waals surface area contributed by atoms with E-state index >= 15 is 0 Å². The Kier molecular flexibility index (Phi) is 3.77. The van der Waals surface area contributed by atoms with Crippen LogP contribution in [0.5, 0.6) is 0 Å². The van der Waals surface area contributed by atoms with Gasteiger partial charge in [-0.3, -0.25) is 0 Å². The fourth-order valence-electron chi connectivity index (χ4n) is 1.07. The highest BCUT2D eigenvalue weighted by atomic mass is 35.5. The van der Waals surface area contributed by atoms with Crippen LogP contribution in [-0.2, 0) is 0 Å². The Balaban J connectivity index is 0.00000112. The van der Waals surface area contributed by atoms with Gasteiger partial charge in [0.1, 0.15) is 23.7 Å². The van der Waals surface area contributed by atoms with Gasteiger partial charge in [-0.15, -0.1) is 18.8 Å². The van der Waals surface area contributed by atoms with Gasteiger partial charge in [-0.2, -0.15) is 0 Å². The predicted molar refractivity (Wildman–Crippen MR) is 59.7 cm³/mol. The minimum atomic E-state index is 0. The summed E-state index contributed by atoms with van der Waals surface area (Å²) < 4.78 is 0. The second-order valence-corrected chi connectivity index (χ2v) is 2.54. The van der Waals surface area contributed by atoms with Crippen LogP contribution in [0.2, 0.25) is 0 Å². The molecule has 15 heavy (non-hydrogen) atoms. The van der Waals surface area contributed by atoms with Crippen LogP contribution in [0.25, 0.3) is 11.0 Å². The highest BCUT2D eigenvalue weighted by molar-refractivity contribution is 5.85. The second-order valence-electron chi connectivity index (χ2n) is 2.54. The fourth-order valence-corrected chi connectivity index (χ4v) is 1.07. The van der Waals surface area contributed by atoms with E-state index in [1.807, 2.05) is 0 Å². The summed E-state index contributed by atoms with van der Waals surface area (Å²) in [6.45, 7) is 0.413. The zero-order chi connectivity index (χ0) is 9.80. The summed E-state index contributed by atoms with van der Waals surface area (Å²) >= 11 is 0. The predicted octanol–water partition coefficient (Wildman–Crippen LogP) is 0.887. The quantitative estimate of drug-likeness (QED) is 0.763. The normalized spacial score (nSPS) is 9.00. The topological polar surface area (TPSA) is 63.6 Å². The first kappa shape index (κ1) is 11.1. The molecule has 2 aromatic heterocycles. The molecule has 2 rings (SSSR count). The third-order valence-corrected chi connectivity index (χ3v) is 1.66. The van der Waals surface area contributed by atoms with Gasteiger partial charge in [0.25, 0.3) is 0 Å². The zero-order valence-corrected chi connectivity index (χ0v) is 8.53. The summed E-state index contributed by atoms with van der Waals surface area (Å²) in [6, 6.07) is 0. The van der Waals surface area contributed by atoms with Gasteiger partial charge in [0.15, 0.2) is 5.82 Å². The molecule has 0 bridgehead atoms. The minimum Gasteiger partial charge on any atom is -0.357 e. The summed E-state index contributed by atoms with van der Waals surface area (Å²) in [4.78, 5) is 16.0. The van der Waals surface area contributed by atoms with Crippen LogP contribution in [-0.4, -0.2) is 26.5 Å². The molecule has 0 amide bonds. The van der Waals surface area contributed by atoms with E-state index in [1.165, 1.54) is 12.7 Å². The van der Waals surface area contributed by atoms with Crippen molar-refractivity contribution < 1.29 is 0 Å². The first-order valence-electron chi connectivity index (χ1n) is 4.00. The molecule has 6 heteroatoms. The van der Waals surface area contributed by atoms with Crippen molar-refractivity contribution in [3.8, 4) is 12.3 Å². The largest absolute Gasteiger partial charge is 0.357 e. The van der Waals surface area contributed by atoms with E-state index in [-0.39, 0.29) is 12.4 Å². The lowest BCUT2D eigenvalue weighted by atomic mass is 10.4. The summed E-state index contributed by atoms with van der Waals surface area (Å²) in [6.07, 6.45) is 9.66. The molecule has 0 aromatic carbocycles. The van der Waals surface area contributed by atoms with Crippen molar-refractivity contribution in [1.29, 1.82) is 0 Å². The summed E-state index contributed by atoms with van der Waals surface area (Å²) in [5.41, 5.74) is 1.37. The molecule has 0 saturated carbocycles. The van der Waals surface area contributed by atoms with Crippen LogP contribution in [0.1, 0.15) is 0 Å². The summed E-state index contributed by atoms with van der Waals surface area (Å²) in [5.74, 6) is 3.10. The van der Waals surface area contributed by atoms with Gasteiger partial charge >= 0.3 is 0 Å². The summed E-state index contributed by atoms with van der Waals surface area (Å²) in [5, 5.41) is 2.96. The van der Waals surface area contributed by atoms with Crippen molar-refractivity contribution in [2.45, 2.75) is 0 Å². The molecule has 1 N–H and O–H groups in total. The van der Waals surface area contributed by atoms with E-state index in [1.54, 1.807) is 6.20 Å². The van der Waals surface area contributed by atoms with Crippen LogP contribution in [0.3, 0.4) is 0 Å². The van der Waals surface area contributed by atoms with Crippen molar-refractivity contribution in [2.24, 2.45) is 0 Å². The maximum atomic E-state index is 5.13. The average Bonchev–Trinajstić information content (AvgIpc) is 2.26. The Morgan fingerprint density at radius 3 is 2.93 bits per heavy atom. The average molecular weight is 222 g/mol. The lowest BCUT2D eigenvalue weighted by Gasteiger charge is -2.02. The molecule has 5 nitrogen and oxygen atoms in total. The third kappa shape index (κ3) is 2.30. The number of nitrogens with zero attached hydrogens (tertiary/aromatic N) is 4. The Morgan fingerprint density at radius 2 is 2.13 bits per heavy atom. The van der Waals surface area contributed by atoms with E-state index < -0.39 is 0 Å². The molecular weight excluding hydrogens is 214 g/mol. The van der Waals surface area contributed by atoms with Gasteiger partial charge in [0.05, 0.1) is 12.7 Å². The molecule has 0 unspecified atom stereocenters. The Labute approximate surface area is 92.8 Å². The van der Waals surface area contributed by atoms with Gasteiger partial charge < -0.3 is 5.32 Å². The molecule has 0 spiro atoms. The Hall–Kier alpha value is -1.93. The Morgan fingerprint density at radius 1 is 1.27 bits per heavy atom. The number of fused-ring (bicyclic) bond motifs is 1. The smallest absolute Gasteiger partial charge is 0.156 e. The Bertz CT molecular complexity index is 488. The number of aromatic nitrogens is 4. The first-order chi connectivity index (χ1) is 6.92. The number of terminal acetylenes is 1. The SMILES string of the molecule is C#CCNc1ncnc2cncnc12.Cl. The van der Waals surface area contributed by atoms with Crippen LogP contribution in [0, 0.1) is 12.3 Å². The van der Waals surface area contributed by atoms with Gasteiger partial charge in [-0.1, -0.05) is 5.92 Å². The maximum Gasteiger partial charge on any atom is 0.156 e. The lowest BCUT2D eigenvalue weighted by molar-refractivity contribution is 1.13. The molecule has 0 radical (unpaired) electrons. The fraction of sp³-hybridized carbons (Fsp3) is 0.111. The number of anilines is 1. The second kappa shape index (κ2) is 5.08. The third-order valence-electron chi connectivity index (χ3n) is 1.66. The van der Waals surface area contributed by atoms with Gasteiger partial charge in [-0.05, 0) is 0 Å². The molecule has 0 fully saturated rings. The van der Waals surface area contributed by atoms with Gasteiger partial charge in [0, 0.05) is 0 Å². The number of nitrogens with one attached hydrogen (secondary N) is 1. The van der Waals surface area contributed by atoms with E-state index in [2.05, 4.69) is 31.2 Å². The van der Waals surface area contributed by atoms with Crippen molar-refractivity contribution in [2.75, 3.05) is 11.9 Å². The molecule has 0 saturated heterocycles. The molecule has 0 atom stereocenters. The number of hydrogen-bond donors (Lipinski definition) is 1. The van der Waals surface area contributed by atoms with Crippen molar-refractivity contribution in [1.82, 2.24) is 19.9 Å². The van der Waals surface area contributed by atoms with Crippen molar-refractivity contribution >= 4 is 29.3 Å². The number of halogens is 1. The monoisotopic (exact) mass is 221 g/mol. The zero-order valence-electron chi connectivity index (χ0n) is 7.71. The highest BCUT2D eigenvalue weighted by Gasteiger charge is 2.02. The maximum absolute atomic E-state index is 5.13. The molecule has 0 aliphatic carbocycles. The van der Waals surface area contributed by atoms with Crippen LogP contribution < -0.4 is 5.32 Å².